The van der Waals surface area contributed by atoms with Crippen LogP contribution in [0.25, 0.3) is 6.08 Å². The maximum Gasteiger partial charge on any atom is 0.416 e. The van der Waals surface area contributed by atoms with E-state index in [1.807, 2.05) is 48.5 Å². The first-order chi connectivity index (χ1) is 28.8. The highest BCUT2D eigenvalue weighted by Gasteiger charge is 2.58. The zero-order valence-corrected chi connectivity index (χ0v) is 35.4. The Labute approximate surface area is 353 Å². The largest absolute Gasteiger partial charge is 0.508 e. The fourth-order valence-electron chi connectivity index (χ4n) is 9.60. The third-order valence-electron chi connectivity index (χ3n) is 12.3. The summed E-state index contributed by atoms with van der Waals surface area (Å²) in [4.78, 5) is 29.4. The average molecular weight is 862 g/mol. The lowest BCUT2D eigenvalue weighted by Gasteiger charge is -2.44. The lowest BCUT2D eigenvalue weighted by molar-refractivity contribution is -0.143. The Morgan fingerprint density at radius 3 is 1.90 bits per heavy atom. The van der Waals surface area contributed by atoms with Crippen LogP contribution < -0.4 is 15.3 Å². The average Bonchev–Trinajstić information content (AvgIpc) is 3.75. The van der Waals surface area contributed by atoms with Gasteiger partial charge in [0.05, 0.1) is 48.0 Å². The first-order valence-electron chi connectivity index (χ1n) is 20.6. The van der Waals surface area contributed by atoms with E-state index < -0.39 is 78.2 Å². The maximum atomic E-state index is 14.4. The van der Waals surface area contributed by atoms with E-state index in [-0.39, 0.29) is 31.5 Å². The topological polar surface area (TPSA) is 76.1 Å². The van der Waals surface area contributed by atoms with E-state index >= 15 is 0 Å². The van der Waals surface area contributed by atoms with Crippen LogP contribution in [0.3, 0.4) is 0 Å². The molecule has 61 heavy (non-hydrogen) atoms. The molecule has 2 fully saturated rings. The molecule has 1 aliphatic carbocycles. The van der Waals surface area contributed by atoms with Gasteiger partial charge in [0.25, 0.3) is 8.32 Å². The summed E-state index contributed by atoms with van der Waals surface area (Å²) in [5, 5.41) is 11.5. The van der Waals surface area contributed by atoms with Crippen molar-refractivity contribution in [3.8, 4) is 5.75 Å². The first kappa shape index (κ1) is 44.1. The number of halogens is 6. The van der Waals surface area contributed by atoms with E-state index in [0.717, 1.165) is 45.5 Å². The van der Waals surface area contributed by atoms with Gasteiger partial charge < -0.3 is 14.3 Å². The Morgan fingerprint density at radius 2 is 1.38 bits per heavy atom. The van der Waals surface area contributed by atoms with E-state index in [0.29, 0.717) is 29.9 Å². The van der Waals surface area contributed by atoms with Crippen molar-refractivity contribution >= 4 is 42.3 Å². The predicted octanol–water partition coefficient (Wildman–Crippen LogP) is 10.5. The summed E-state index contributed by atoms with van der Waals surface area (Å²) in [6.45, 7) is 8.58. The number of imide groups is 1. The quantitative estimate of drug-likeness (QED) is 0.0665. The molecule has 3 aliphatic rings. The van der Waals surface area contributed by atoms with Crippen LogP contribution in [0.2, 0.25) is 5.04 Å². The number of phenolic OH excluding ortho intramolecular Hbond substituents is 1. The van der Waals surface area contributed by atoms with Gasteiger partial charge in [0.2, 0.25) is 11.8 Å². The van der Waals surface area contributed by atoms with Crippen LogP contribution in [-0.2, 0) is 31.1 Å². The third-order valence-corrected chi connectivity index (χ3v) is 17.3. The summed E-state index contributed by atoms with van der Waals surface area (Å²) in [5.74, 6) is -4.32. The van der Waals surface area contributed by atoms with Gasteiger partial charge in [-0.2, -0.15) is 26.3 Å². The van der Waals surface area contributed by atoms with Gasteiger partial charge in [-0.05, 0) is 88.1 Å². The normalized spacial score (nSPS) is 21.3. The zero-order valence-electron chi connectivity index (χ0n) is 34.4. The molecule has 7 rings (SSSR count). The molecule has 13 heteroatoms. The SMILES string of the molecule is CCC/C(=C\c1ccc(O)cc1)CC[C@H]1OC[C@H]2C1=C(CO[Si](c1ccccc1)(c1ccccc1)C(C)(C)C)C[C@H]1C(=O)N(c3cc(C(F)(F)F)cc(C(F)(F)F)c3)C(=O)[C@H]12. The molecule has 0 spiro atoms. The van der Waals surface area contributed by atoms with Crippen molar-refractivity contribution in [3.63, 3.8) is 0 Å². The van der Waals surface area contributed by atoms with Crippen LogP contribution in [0.15, 0.2) is 120 Å². The molecule has 0 bridgehead atoms. The number of hydrogen-bond donors (Lipinski definition) is 1. The highest BCUT2D eigenvalue weighted by molar-refractivity contribution is 6.99. The second kappa shape index (κ2) is 17.1. The molecule has 4 aromatic rings. The van der Waals surface area contributed by atoms with Crippen LogP contribution in [0, 0.1) is 17.8 Å². The fraction of sp³-hybridized carbons (Fsp3) is 0.375. The van der Waals surface area contributed by atoms with Gasteiger partial charge in [0.15, 0.2) is 0 Å². The summed E-state index contributed by atoms with van der Waals surface area (Å²) < 4.78 is 97.9. The van der Waals surface area contributed by atoms with Crippen LogP contribution in [0.1, 0.15) is 76.5 Å². The lowest BCUT2D eigenvalue weighted by atomic mass is 9.69. The molecule has 0 radical (unpaired) electrons. The van der Waals surface area contributed by atoms with Gasteiger partial charge in [0, 0.05) is 5.92 Å². The number of alkyl halides is 6. The Kier molecular flexibility index (Phi) is 12.3. The summed E-state index contributed by atoms with van der Waals surface area (Å²) in [5.41, 5.74) is -0.367. The second-order valence-corrected chi connectivity index (χ2v) is 21.5. The van der Waals surface area contributed by atoms with Crippen LogP contribution >= 0.6 is 0 Å². The molecule has 0 unspecified atom stereocenters. The number of allylic oxidation sites excluding steroid dienone is 1. The van der Waals surface area contributed by atoms with Crippen molar-refractivity contribution in [1.29, 1.82) is 0 Å². The number of hydrogen-bond acceptors (Lipinski definition) is 5. The molecule has 6 nitrogen and oxygen atoms in total. The van der Waals surface area contributed by atoms with Crippen molar-refractivity contribution in [3.05, 3.63) is 137 Å². The molecular weight excluding hydrogens is 813 g/mol. The number of rotatable bonds is 12. The van der Waals surface area contributed by atoms with Gasteiger partial charge in [-0.1, -0.05) is 119 Å². The number of aromatic hydroxyl groups is 1. The number of anilines is 1. The molecule has 2 heterocycles. The van der Waals surface area contributed by atoms with Gasteiger partial charge >= 0.3 is 12.4 Å². The van der Waals surface area contributed by atoms with E-state index in [1.165, 1.54) is 0 Å². The van der Waals surface area contributed by atoms with E-state index in [2.05, 4.69) is 58.0 Å². The van der Waals surface area contributed by atoms with Crippen LogP contribution in [0.4, 0.5) is 32.0 Å². The minimum absolute atomic E-state index is 0.0141. The van der Waals surface area contributed by atoms with Gasteiger partial charge in [-0.25, -0.2) is 4.90 Å². The Bertz CT molecular complexity index is 2230. The number of fused-ring (bicyclic) bond motifs is 3. The number of phenols is 1. The number of ether oxygens (including phenoxy) is 1. The summed E-state index contributed by atoms with van der Waals surface area (Å²) >= 11 is 0. The molecule has 322 valence electrons. The monoisotopic (exact) mass is 861 g/mol. The van der Waals surface area contributed by atoms with Crippen molar-refractivity contribution in [2.75, 3.05) is 18.1 Å². The minimum Gasteiger partial charge on any atom is -0.508 e. The molecule has 2 aliphatic heterocycles. The third kappa shape index (κ3) is 8.74. The van der Waals surface area contributed by atoms with Crippen molar-refractivity contribution in [2.45, 2.75) is 83.3 Å². The highest BCUT2D eigenvalue weighted by atomic mass is 28.4. The molecule has 1 N–H and O–H groups in total. The molecule has 0 aromatic heterocycles. The first-order valence-corrected chi connectivity index (χ1v) is 22.5. The lowest BCUT2D eigenvalue weighted by Crippen LogP contribution is -2.66. The molecule has 2 amide bonds. The molecular formula is C48H49F6NO5Si. The van der Waals surface area contributed by atoms with Crippen molar-refractivity contribution in [1.82, 2.24) is 0 Å². The molecule has 4 atom stereocenters. The van der Waals surface area contributed by atoms with Crippen molar-refractivity contribution in [2.24, 2.45) is 17.8 Å². The predicted molar refractivity (Wildman–Crippen MR) is 225 cm³/mol. The number of carbonyl (C=O) groups is 2. The summed E-state index contributed by atoms with van der Waals surface area (Å²) in [7, 11) is -3.15. The Balaban J connectivity index is 1.30. The van der Waals surface area contributed by atoms with Crippen LogP contribution in [-0.4, -0.2) is 44.6 Å². The minimum atomic E-state index is -5.17. The zero-order chi connectivity index (χ0) is 43.9. The summed E-state index contributed by atoms with van der Waals surface area (Å²) in [6, 6.07) is 27.7. The number of carbonyl (C=O) groups excluding carboxylic acids is 2. The second-order valence-electron chi connectivity index (χ2n) is 17.2. The molecule has 0 saturated carbocycles. The Hall–Kier alpha value is -4.98. The van der Waals surface area contributed by atoms with E-state index in [1.54, 1.807) is 12.1 Å². The molecule has 2 saturated heterocycles. The van der Waals surface area contributed by atoms with Gasteiger partial charge in [0.1, 0.15) is 5.75 Å². The highest BCUT2D eigenvalue weighted by Crippen LogP contribution is 2.52. The van der Waals surface area contributed by atoms with E-state index in [9.17, 15) is 41.0 Å². The molecule has 4 aromatic carbocycles. The van der Waals surface area contributed by atoms with Crippen LogP contribution in [0.5, 0.6) is 5.75 Å². The van der Waals surface area contributed by atoms with Gasteiger partial charge in [-0.15, -0.1) is 0 Å². The number of amides is 2. The summed E-state index contributed by atoms with van der Waals surface area (Å²) in [6.07, 6.45) is -5.93. The number of nitrogens with zero attached hydrogens (tertiary/aromatic N) is 1. The van der Waals surface area contributed by atoms with E-state index in [4.69, 9.17) is 9.16 Å². The standard InChI is InChI=1S/C48H49F6NO5Si/c1-5-12-30(23-31-17-20-36(56)21-18-31)19-22-41-42-32(28-60-61(46(2,3)4,37-13-8-6-9-14-37)38-15-10-7-11-16-38)24-39-43(40(42)29-59-41)45(58)55(44(39)57)35-26-33(47(49,50)51)25-34(27-35)48(52,53)54/h6-11,13-18,20-21,23,25-27,39-41,43,56H,5,12,19,22,24,28-29H2,1-4H3/b30-23+/t39-,40+,41-,43-/m1/s1. The maximum absolute atomic E-state index is 14.4. The Morgan fingerprint density at radius 1 is 0.803 bits per heavy atom. The fourth-order valence-corrected chi connectivity index (χ4v) is 14.1. The smallest absolute Gasteiger partial charge is 0.416 e. The van der Waals surface area contributed by atoms with Gasteiger partial charge in [-0.3, -0.25) is 9.59 Å². The van der Waals surface area contributed by atoms with Crippen molar-refractivity contribution < 1.29 is 50.2 Å². The number of benzene rings is 4.